The molecule has 2 saturated carbocycles. The van der Waals surface area contributed by atoms with Crippen LogP contribution in [0.3, 0.4) is 0 Å². The number of fused-ring (bicyclic) bond motifs is 7. The highest BCUT2D eigenvalue weighted by atomic mass is 16.6. The average molecular weight is 540 g/mol. The maximum atomic E-state index is 14.5. The van der Waals surface area contributed by atoms with Crippen LogP contribution in [-0.2, 0) is 19.1 Å². The third-order valence-electron chi connectivity index (χ3n) is 12.2. The van der Waals surface area contributed by atoms with Crippen LogP contribution in [0, 0.1) is 39.4 Å². The molecule has 1 N–H and O–H groups in total. The van der Waals surface area contributed by atoms with E-state index in [4.69, 9.17) is 9.47 Å². The highest BCUT2D eigenvalue weighted by molar-refractivity contribution is 6.00. The number of hydrogen-bond donors (Lipinski definition) is 1. The van der Waals surface area contributed by atoms with E-state index >= 15 is 0 Å². The minimum Gasteiger partial charge on any atom is -0.462 e. The van der Waals surface area contributed by atoms with Crippen LogP contribution in [0.25, 0.3) is 0 Å². The van der Waals surface area contributed by atoms with Crippen LogP contribution in [-0.4, -0.2) is 36.1 Å². The SMILES string of the molecule is CC(=O)OC1CCC2(C)C3=C(C4OC(=O)NC4C2C1(C)C)C1(C)CCC(C(C)CCC=C(C)C)C1(C)CC3=O. The molecular weight excluding hydrogens is 490 g/mol. The molecule has 1 aliphatic heterocycles. The highest BCUT2D eigenvalue weighted by Gasteiger charge is 2.71. The first kappa shape index (κ1) is 28.4. The Morgan fingerprint density at radius 3 is 2.44 bits per heavy atom. The summed E-state index contributed by atoms with van der Waals surface area (Å²) in [5, 5.41) is 3.19. The van der Waals surface area contributed by atoms with E-state index in [0.29, 0.717) is 24.7 Å². The van der Waals surface area contributed by atoms with Gasteiger partial charge >= 0.3 is 12.1 Å². The number of nitrogens with one attached hydrogen (secondary N) is 1. The van der Waals surface area contributed by atoms with Crippen LogP contribution in [0.15, 0.2) is 22.8 Å². The maximum absolute atomic E-state index is 14.5. The lowest BCUT2D eigenvalue weighted by Crippen LogP contribution is -2.66. The number of hydrogen-bond acceptors (Lipinski definition) is 5. The fourth-order valence-electron chi connectivity index (χ4n) is 10.4. The van der Waals surface area contributed by atoms with Gasteiger partial charge in [0.15, 0.2) is 5.78 Å². The smallest absolute Gasteiger partial charge is 0.408 e. The molecule has 3 fully saturated rings. The molecule has 0 aromatic rings. The van der Waals surface area contributed by atoms with Gasteiger partial charge in [-0.05, 0) is 80.6 Å². The summed E-state index contributed by atoms with van der Waals surface area (Å²) in [5.41, 5.74) is 2.12. The molecule has 5 rings (SSSR count). The van der Waals surface area contributed by atoms with Crippen molar-refractivity contribution in [2.24, 2.45) is 39.4 Å². The molecule has 4 aliphatic carbocycles. The van der Waals surface area contributed by atoms with Crippen LogP contribution in [0.5, 0.6) is 0 Å². The third kappa shape index (κ3) is 3.97. The van der Waals surface area contributed by atoms with E-state index in [1.165, 1.54) is 12.5 Å². The zero-order chi connectivity index (χ0) is 28.7. The zero-order valence-electron chi connectivity index (χ0n) is 25.5. The van der Waals surface area contributed by atoms with Crippen molar-refractivity contribution in [3.8, 4) is 0 Å². The summed E-state index contributed by atoms with van der Waals surface area (Å²) in [6, 6.07) is -0.254. The van der Waals surface area contributed by atoms with Gasteiger partial charge in [-0.25, -0.2) is 4.79 Å². The zero-order valence-corrected chi connectivity index (χ0v) is 25.5. The van der Waals surface area contributed by atoms with E-state index in [9.17, 15) is 14.4 Å². The lowest BCUT2D eigenvalue weighted by Gasteiger charge is -2.63. The van der Waals surface area contributed by atoms with Gasteiger partial charge < -0.3 is 14.8 Å². The van der Waals surface area contributed by atoms with Crippen molar-refractivity contribution in [2.75, 3.05) is 0 Å². The molecule has 39 heavy (non-hydrogen) atoms. The Morgan fingerprint density at radius 1 is 1.10 bits per heavy atom. The number of amides is 1. The van der Waals surface area contributed by atoms with E-state index in [1.807, 2.05) is 0 Å². The van der Waals surface area contributed by atoms with Gasteiger partial charge in [0, 0.05) is 35.7 Å². The molecule has 9 atom stereocenters. The Morgan fingerprint density at radius 2 is 1.79 bits per heavy atom. The van der Waals surface area contributed by atoms with Gasteiger partial charge in [-0.1, -0.05) is 53.2 Å². The standard InChI is InChI=1S/C33H49NO5/c1-18(2)11-10-12-19(3)21-13-16-32(8)25-24(22(36)17-33(21,32)9)31(7)15-14-23(38-20(4)35)30(5,6)28(31)26-27(25)39-29(37)34-26/h11,19,21,23,26-28H,10,12-17H2,1-9H3,(H,34,37). The average Bonchev–Trinajstić information content (AvgIpc) is 3.30. The van der Waals surface area contributed by atoms with Gasteiger partial charge in [-0.2, -0.15) is 0 Å². The first-order chi connectivity index (χ1) is 18.1. The van der Waals surface area contributed by atoms with E-state index < -0.39 is 23.0 Å². The van der Waals surface area contributed by atoms with Crippen molar-refractivity contribution in [2.45, 2.75) is 126 Å². The molecule has 0 aromatic carbocycles. The number of allylic oxidation sites excluding steroid dienone is 3. The molecule has 9 unspecified atom stereocenters. The molecular formula is C33H49NO5. The summed E-state index contributed by atoms with van der Waals surface area (Å²) in [6.45, 7) is 19.3. The van der Waals surface area contributed by atoms with E-state index in [2.05, 4.69) is 66.8 Å². The normalized spacial score (nSPS) is 42.8. The molecule has 0 bridgehead atoms. The second-order valence-electron chi connectivity index (χ2n) is 15.0. The fraction of sp³-hybridized carbons (Fsp3) is 0.788. The minimum atomic E-state index is -0.464. The Labute approximate surface area is 234 Å². The number of rotatable bonds is 5. The van der Waals surface area contributed by atoms with E-state index in [1.54, 1.807) is 0 Å². The lowest BCUT2D eigenvalue weighted by molar-refractivity contribution is -0.171. The number of ketones is 1. The number of carbonyl (C=O) groups excluding carboxylic acids is 3. The first-order valence-electron chi connectivity index (χ1n) is 15.1. The van der Waals surface area contributed by atoms with Crippen LogP contribution < -0.4 is 5.32 Å². The predicted octanol–water partition coefficient (Wildman–Crippen LogP) is 6.93. The van der Waals surface area contributed by atoms with E-state index in [0.717, 1.165) is 43.3 Å². The summed E-state index contributed by atoms with van der Waals surface area (Å²) in [7, 11) is 0. The molecule has 0 spiro atoms. The topological polar surface area (TPSA) is 81.7 Å². The molecule has 1 saturated heterocycles. The quantitative estimate of drug-likeness (QED) is 0.303. The molecule has 0 radical (unpaired) electrons. The van der Waals surface area contributed by atoms with Crippen molar-refractivity contribution in [1.29, 1.82) is 0 Å². The molecule has 6 heteroatoms. The lowest BCUT2D eigenvalue weighted by atomic mass is 9.41. The number of esters is 1. The largest absolute Gasteiger partial charge is 0.462 e. The maximum Gasteiger partial charge on any atom is 0.408 e. The Hall–Kier alpha value is -2.11. The van der Waals surface area contributed by atoms with Gasteiger partial charge in [0.1, 0.15) is 12.2 Å². The summed E-state index contributed by atoms with van der Waals surface area (Å²) >= 11 is 0. The fourth-order valence-corrected chi connectivity index (χ4v) is 10.4. The summed E-state index contributed by atoms with van der Waals surface area (Å²) in [6.07, 6.45) is 7.47. The number of Topliss-reactive ketones (excluding diaryl/α,β-unsaturated/α-hetero) is 1. The Bertz CT molecular complexity index is 1150. The molecule has 6 nitrogen and oxygen atoms in total. The van der Waals surface area contributed by atoms with Crippen molar-refractivity contribution in [3.63, 3.8) is 0 Å². The van der Waals surface area contributed by atoms with Crippen molar-refractivity contribution >= 4 is 17.8 Å². The van der Waals surface area contributed by atoms with Gasteiger partial charge in [0.2, 0.25) is 0 Å². The summed E-state index contributed by atoms with van der Waals surface area (Å²) < 4.78 is 12.0. The summed E-state index contributed by atoms with van der Waals surface area (Å²) in [5.74, 6) is 0.812. The molecule has 1 amide bonds. The molecule has 5 aliphatic rings. The third-order valence-corrected chi connectivity index (χ3v) is 12.2. The van der Waals surface area contributed by atoms with Gasteiger partial charge in [-0.3, -0.25) is 9.59 Å². The second kappa shape index (κ2) is 9.21. The number of carbonyl (C=O) groups is 3. The summed E-state index contributed by atoms with van der Waals surface area (Å²) in [4.78, 5) is 39.4. The predicted molar refractivity (Wildman–Crippen MR) is 151 cm³/mol. The molecule has 1 heterocycles. The molecule has 0 aromatic heterocycles. The minimum absolute atomic E-state index is 0.0876. The van der Waals surface area contributed by atoms with E-state index in [-0.39, 0.29) is 40.6 Å². The van der Waals surface area contributed by atoms with Crippen LogP contribution in [0.2, 0.25) is 0 Å². The Kier molecular flexibility index (Phi) is 6.71. The first-order valence-corrected chi connectivity index (χ1v) is 15.1. The van der Waals surface area contributed by atoms with Crippen molar-refractivity contribution in [1.82, 2.24) is 5.32 Å². The molecule has 216 valence electrons. The van der Waals surface area contributed by atoms with Crippen LogP contribution >= 0.6 is 0 Å². The monoisotopic (exact) mass is 539 g/mol. The van der Waals surface area contributed by atoms with Crippen molar-refractivity contribution < 1.29 is 23.9 Å². The van der Waals surface area contributed by atoms with Crippen LogP contribution in [0.1, 0.15) is 107 Å². The Balaban J connectivity index is 1.61. The second-order valence-corrected chi connectivity index (χ2v) is 15.0. The highest BCUT2D eigenvalue weighted by Crippen LogP contribution is 2.72. The van der Waals surface area contributed by atoms with Gasteiger partial charge in [0.25, 0.3) is 0 Å². The number of alkyl carbamates (subject to hydrolysis) is 1. The van der Waals surface area contributed by atoms with Crippen LogP contribution in [0.4, 0.5) is 4.79 Å². The van der Waals surface area contributed by atoms with Gasteiger partial charge in [0.05, 0.1) is 6.04 Å². The number of ether oxygens (including phenoxy) is 2. The van der Waals surface area contributed by atoms with Gasteiger partial charge in [-0.15, -0.1) is 0 Å². The van der Waals surface area contributed by atoms with Crippen molar-refractivity contribution in [3.05, 3.63) is 22.8 Å².